The van der Waals surface area contributed by atoms with E-state index in [0.717, 1.165) is 13.1 Å². The molecule has 2 N–H and O–H groups in total. The second-order valence-electron chi connectivity index (χ2n) is 4.99. The van der Waals surface area contributed by atoms with Gasteiger partial charge in [-0.25, -0.2) is 4.98 Å². The first-order valence-electron chi connectivity index (χ1n) is 6.52. The summed E-state index contributed by atoms with van der Waals surface area (Å²) >= 11 is 0. The van der Waals surface area contributed by atoms with Crippen molar-refractivity contribution in [2.24, 2.45) is 11.8 Å². The molecular weight excluding hydrogens is 358 g/mol. The predicted molar refractivity (Wildman–Crippen MR) is 84.4 cm³/mol. The Kier molecular flexibility index (Phi) is 8.65. The fourth-order valence-corrected chi connectivity index (χ4v) is 1.83. The van der Waals surface area contributed by atoms with Crippen LogP contribution < -0.4 is 15.4 Å². The van der Waals surface area contributed by atoms with Crippen LogP contribution in [-0.2, 0) is 4.79 Å². The lowest BCUT2D eigenvalue weighted by Crippen LogP contribution is -2.48. The third-order valence-corrected chi connectivity index (χ3v) is 3.32. The molecule has 0 aromatic carbocycles. The molecule has 0 saturated carbocycles. The number of aromatic nitrogens is 1. The number of nitrogens with zero attached hydrogens (tertiary/aromatic N) is 1. The predicted octanol–water partition coefficient (Wildman–Crippen LogP) is 2.66. The highest BCUT2D eigenvalue weighted by molar-refractivity contribution is 5.92. The number of alkyl halides is 3. The van der Waals surface area contributed by atoms with Crippen molar-refractivity contribution >= 4 is 36.4 Å². The highest BCUT2D eigenvalue weighted by Crippen LogP contribution is 2.20. The third kappa shape index (κ3) is 6.80. The van der Waals surface area contributed by atoms with Crippen molar-refractivity contribution in [2.75, 3.05) is 25.0 Å². The van der Waals surface area contributed by atoms with Gasteiger partial charge in [0.2, 0.25) is 11.8 Å². The quantitative estimate of drug-likeness (QED) is 0.830. The van der Waals surface area contributed by atoms with Crippen LogP contribution in [0.3, 0.4) is 0 Å². The normalized spacial score (nSPS) is 15.5. The minimum absolute atomic E-state index is 0. The Hall–Kier alpha value is -1.25. The number of amides is 1. The zero-order chi connectivity index (χ0) is 15.5. The molecule has 0 bridgehead atoms. The van der Waals surface area contributed by atoms with Gasteiger partial charge < -0.3 is 15.4 Å². The van der Waals surface area contributed by atoms with Crippen LogP contribution in [0.15, 0.2) is 18.3 Å². The van der Waals surface area contributed by atoms with E-state index in [1.165, 1.54) is 18.3 Å². The number of hydrogen-bond acceptors (Lipinski definition) is 4. The van der Waals surface area contributed by atoms with E-state index < -0.39 is 12.8 Å². The monoisotopic (exact) mass is 375 g/mol. The smallest absolute Gasteiger partial charge is 0.422 e. The average molecular weight is 376 g/mol. The number of rotatable bonds is 5. The summed E-state index contributed by atoms with van der Waals surface area (Å²) in [7, 11) is 0. The van der Waals surface area contributed by atoms with Gasteiger partial charge in [0.25, 0.3) is 0 Å². The molecule has 5 nitrogen and oxygen atoms in total. The van der Waals surface area contributed by atoms with Crippen molar-refractivity contribution in [3.05, 3.63) is 18.3 Å². The minimum Gasteiger partial charge on any atom is -0.468 e. The van der Waals surface area contributed by atoms with Crippen molar-refractivity contribution in [1.29, 1.82) is 0 Å². The van der Waals surface area contributed by atoms with Crippen LogP contribution >= 0.6 is 24.8 Å². The van der Waals surface area contributed by atoms with Crippen LogP contribution in [0.2, 0.25) is 0 Å². The van der Waals surface area contributed by atoms with E-state index in [4.69, 9.17) is 0 Å². The first-order valence-corrected chi connectivity index (χ1v) is 6.52. The van der Waals surface area contributed by atoms with Crippen LogP contribution in [0.4, 0.5) is 18.9 Å². The Labute approximate surface area is 144 Å². The highest BCUT2D eigenvalue weighted by Gasteiger charge is 2.29. The second-order valence-corrected chi connectivity index (χ2v) is 4.99. The lowest BCUT2D eigenvalue weighted by atomic mass is 9.88. The molecule has 132 valence electrons. The van der Waals surface area contributed by atoms with E-state index in [0.29, 0.717) is 11.6 Å². The fourth-order valence-electron chi connectivity index (χ4n) is 1.83. The van der Waals surface area contributed by atoms with Gasteiger partial charge in [0, 0.05) is 12.0 Å². The zero-order valence-electron chi connectivity index (χ0n) is 12.2. The van der Waals surface area contributed by atoms with Gasteiger partial charge in [-0.15, -0.1) is 24.8 Å². The molecule has 1 aromatic heterocycles. The van der Waals surface area contributed by atoms with E-state index in [2.05, 4.69) is 20.4 Å². The topological polar surface area (TPSA) is 63.2 Å². The Morgan fingerprint density at radius 3 is 2.52 bits per heavy atom. The molecule has 1 amide bonds. The van der Waals surface area contributed by atoms with Crippen LogP contribution in [0.1, 0.15) is 6.92 Å². The summed E-state index contributed by atoms with van der Waals surface area (Å²) in [5.41, 5.74) is 0.429. The molecule has 1 aliphatic rings. The molecule has 2 heterocycles. The summed E-state index contributed by atoms with van der Waals surface area (Å²) in [6, 6.07) is 2.75. The van der Waals surface area contributed by atoms with Gasteiger partial charge in [0.1, 0.15) is 0 Å². The van der Waals surface area contributed by atoms with Gasteiger partial charge in [-0.05, 0) is 25.1 Å². The SMILES string of the molecule is CC(C(=O)Nc1ccc(OCC(F)(F)F)nc1)C1CNC1.Cl.Cl. The van der Waals surface area contributed by atoms with Crippen molar-refractivity contribution < 1.29 is 22.7 Å². The number of nitrogens with one attached hydrogen (secondary N) is 2. The summed E-state index contributed by atoms with van der Waals surface area (Å²) in [5, 5.41) is 5.78. The maximum atomic E-state index is 12.0. The summed E-state index contributed by atoms with van der Waals surface area (Å²) in [5.74, 6) is -0.0893. The van der Waals surface area contributed by atoms with Gasteiger partial charge in [0.05, 0.1) is 11.9 Å². The number of anilines is 1. The molecule has 10 heteroatoms. The van der Waals surface area contributed by atoms with Crippen LogP contribution in [0.25, 0.3) is 0 Å². The number of carbonyl (C=O) groups excluding carboxylic acids is 1. The molecule has 0 radical (unpaired) electrons. The molecule has 1 atom stereocenters. The van der Waals surface area contributed by atoms with E-state index >= 15 is 0 Å². The maximum Gasteiger partial charge on any atom is 0.422 e. The molecule has 1 saturated heterocycles. The van der Waals surface area contributed by atoms with Gasteiger partial charge >= 0.3 is 6.18 Å². The second kappa shape index (κ2) is 9.14. The summed E-state index contributed by atoms with van der Waals surface area (Å²) in [6.45, 7) is 2.08. The average Bonchev–Trinajstić information content (AvgIpc) is 2.35. The lowest BCUT2D eigenvalue weighted by molar-refractivity contribution is -0.154. The van der Waals surface area contributed by atoms with Gasteiger partial charge in [-0.1, -0.05) is 6.92 Å². The maximum absolute atomic E-state index is 12.0. The van der Waals surface area contributed by atoms with Crippen molar-refractivity contribution in [3.63, 3.8) is 0 Å². The Morgan fingerprint density at radius 1 is 1.43 bits per heavy atom. The number of hydrogen-bond donors (Lipinski definition) is 2. The van der Waals surface area contributed by atoms with Crippen molar-refractivity contribution in [2.45, 2.75) is 13.1 Å². The standard InChI is InChI=1S/C13H16F3N3O2.2ClH/c1-8(9-4-17-5-9)12(20)19-10-2-3-11(18-6-10)21-7-13(14,15)16;;/h2-3,6,8-9,17H,4-5,7H2,1H3,(H,19,20);2*1H. The highest BCUT2D eigenvalue weighted by atomic mass is 35.5. The fraction of sp³-hybridized carbons (Fsp3) is 0.538. The molecule has 1 fully saturated rings. The molecule has 2 rings (SSSR count). The van der Waals surface area contributed by atoms with Crippen molar-refractivity contribution in [3.8, 4) is 5.88 Å². The first-order chi connectivity index (χ1) is 9.85. The molecular formula is C13H18Cl2F3N3O2. The summed E-state index contributed by atoms with van der Waals surface area (Å²) in [4.78, 5) is 15.7. The largest absolute Gasteiger partial charge is 0.468 e. The molecule has 1 aromatic rings. The first kappa shape index (κ1) is 21.8. The lowest BCUT2D eigenvalue weighted by Gasteiger charge is -2.31. The Bertz CT molecular complexity index is 496. The van der Waals surface area contributed by atoms with E-state index in [-0.39, 0.29) is 42.5 Å². The van der Waals surface area contributed by atoms with E-state index in [1.54, 1.807) is 0 Å². The van der Waals surface area contributed by atoms with E-state index in [1.807, 2.05) is 6.92 Å². The van der Waals surface area contributed by atoms with Crippen LogP contribution in [-0.4, -0.2) is 36.8 Å². The summed E-state index contributed by atoms with van der Waals surface area (Å²) < 4.78 is 40.4. The van der Waals surface area contributed by atoms with Crippen LogP contribution in [0.5, 0.6) is 5.88 Å². The number of pyridine rings is 1. The zero-order valence-corrected chi connectivity index (χ0v) is 13.9. The van der Waals surface area contributed by atoms with Gasteiger partial charge in [-0.2, -0.15) is 13.2 Å². The molecule has 1 aliphatic heterocycles. The van der Waals surface area contributed by atoms with Crippen LogP contribution in [0, 0.1) is 11.8 Å². The van der Waals surface area contributed by atoms with E-state index in [9.17, 15) is 18.0 Å². The minimum atomic E-state index is -4.40. The number of ether oxygens (including phenoxy) is 1. The van der Waals surface area contributed by atoms with Gasteiger partial charge in [0.15, 0.2) is 6.61 Å². The third-order valence-electron chi connectivity index (χ3n) is 3.32. The van der Waals surface area contributed by atoms with Gasteiger partial charge in [-0.3, -0.25) is 4.79 Å². The molecule has 0 spiro atoms. The number of halogens is 5. The van der Waals surface area contributed by atoms with Crippen molar-refractivity contribution in [1.82, 2.24) is 10.3 Å². The Morgan fingerprint density at radius 2 is 2.09 bits per heavy atom. The molecule has 0 aliphatic carbocycles. The molecule has 1 unspecified atom stereocenters. The summed E-state index contributed by atoms with van der Waals surface area (Å²) in [6.07, 6.45) is -3.13. The Balaban J connectivity index is 0.00000242. The number of carbonyl (C=O) groups is 1. The molecule has 23 heavy (non-hydrogen) atoms.